The fraction of sp³-hybridized carbons (Fsp3) is 0.471. The number of sulfonamides is 1. The molecule has 0 N–H and O–H groups in total. The van der Waals surface area contributed by atoms with Crippen LogP contribution >= 0.6 is 11.8 Å². The molecule has 1 rings (SSSR count). The minimum Gasteiger partial charge on any atom is -0.458 e. The number of rotatable bonds is 7. The Morgan fingerprint density at radius 1 is 1.25 bits per heavy atom. The van der Waals surface area contributed by atoms with Gasteiger partial charge in [0.1, 0.15) is 16.3 Å². The first-order valence-electron chi connectivity index (χ1n) is 7.45. The second-order valence-corrected chi connectivity index (χ2v) is 7.70. The number of allylic oxidation sites excluding steroid dienone is 2. The van der Waals surface area contributed by atoms with Crippen LogP contribution in [-0.4, -0.2) is 14.7 Å². The zero-order valence-electron chi connectivity index (χ0n) is 15.1. The van der Waals surface area contributed by atoms with E-state index >= 15 is 0 Å². The van der Waals surface area contributed by atoms with E-state index in [1.807, 2.05) is 6.92 Å². The van der Waals surface area contributed by atoms with Gasteiger partial charge in [-0.05, 0) is 51.7 Å². The van der Waals surface area contributed by atoms with Crippen molar-refractivity contribution in [3.05, 3.63) is 45.7 Å². The monoisotopic (exact) mass is 381 g/mol. The summed E-state index contributed by atoms with van der Waals surface area (Å²) in [6, 6.07) is 6.32. The van der Waals surface area contributed by atoms with Gasteiger partial charge in [-0.3, -0.25) is 11.8 Å². The van der Waals surface area contributed by atoms with Crippen LogP contribution in [0.4, 0.5) is 0 Å². The van der Waals surface area contributed by atoms with Crippen LogP contribution < -0.4 is 29.6 Å². The Bertz CT molecular complexity index is 597. The third-order valence-electron chi connectivity index (χ3n) is 3.12. The van der Waals surface area contributed by atoms with Gasteiger partial charge in [-0.1, -0.05) is 36.3 Å². The molecule has 1 unspecified atom stereocenters. The number of halogens is 1. The molecule has 24 heavy (non-hydrogen) atoms. The molecule has 0 spiro atoms. The fourth-order valence-corrected chi connectivity index (χ4v) is 2.49. The zero-order valence-corrected chi connectivity index (χ0v) is 18.7. The molecule has 0 radical (unpaired) electrons. The van der Waals surface area contributed by atoms with Gasteiger partial charge in [0, 0.05) is 11.3 Å². The van der Waals surface area contributed by atoms with Crippen LogP contribution in [0.1, 0.15) is 45.6 Å². The van der Waals surface area contributed by atoms with Crippen LogP contribution in [0.5, 0.6) is 0 Å². The summed E-state index contributed by atoms with van der Waals surface area (Å²) in [6.45, 7) is 8.19. The van der Waals surface area contributed by atoms with E-state index in [0.29, 0.717) is 12.3 Å². The van der Waals surface area contributed by atoms with Gasteiger partial charge in [0.15, 0.2) is 0 Å². The van der Waals surface area contributed by atoms with Crippen molar-refractivity contribution < 1.29 is 42.8 Å². The number of aldehydes is 1. The summed E-state index contributed by atoms with van der Waals surface area (Å²) in [4.78, 5) is 10.2. The largest absolute Gasteiger partial charge is 1.00 e. The molecule has 0 aromatic heterocycles. The Labute approximate surface area is 173 Å². The Balaban J connectivity index is 0. The molecule has 130 valence electrons. The number of hydrogen-bond acceptors (Lipinski definition) is 3. The molecule has 0 saturated heterocycles. The van der Waals surface area contributed by atoms with Gasteiger partial charge >= 0.3 is 29.6 Å². The molecular weight excluding hydrogens is 357 g/mol. The van der Waals surface area contributed by atoms with Crippen molar-refractivity contribution >= 4 is 28.1 Å². The van der Waals surface area contributed by atoms with Gasteiger partial charge < -0.3 is 9.04 Å². The molecular formula is C17H25ClNNaO3S. The molecule has 1 atom stereocenters. The molecule has 0 saturated carbocycles. The average molecular weight is 382 g/mol. The smallest absolute Gasteiger partial charge is 0.458 e. The van der Waals surface area contributed by atoms with Gasteiger partial charge in [-0.2, -0.15) is 0 Å². The first-order valence-corrected chi connectivity index (χ1v) is 9.22. The summed E-state index contributed by atoms with van der Waals surface area (Å²) in [6.07, 6.45) is 6.17. The molecule has 0 aliphatic rings. The maximum absolute atomic E-state index is 11.0. The van der Waals surface area contributed by atoms with E-state index < -0.39 is 10.0 Å². The van der Waals surface area contributed by atoms with Crippen molar-refractivity contribution in [2.24, 2.45) is 5.92 Å². The Hall–Kier alpha value is -0.170. The van der Waals surface area contributed by atoms with E-state index in [4.69, 9.17) is 11.8 Å². The van der Waals surface area contributed by atoms with Crippen molar-refractivity contribution in [3.8, 4) is 0 Å². The molecule has 0 aliphatic heterocycles. The summed E-state index contributed by atoms with van der Waals surface area (Å²) in [5, 5.41) is 0. The second-order valence-electron chi connectivity index (χ2n) is 5.72. The van der Waals surface area contributed by atoms with Crippen molar-refractivity contribution in [3.63, 3.8) is 0 Å². The number of benzene rings is 1. The first-order chi connectivity index (χ1) is 10.7. The van der Waals surface area contributed by atoms with Gasteiger partial charge in [0.2, 0.25) is 0 Å². The van der Waals surface area contributed by atoms with Crippen LogP contribution in [0.15, 0.2) is 40.8 Å². The van der Waals surface area contributed by atoms with E-state index in [2.05, 4.69) is 31.1 Å². The predicted octanol–water partition coefficient (Wildman–Crippen LogP) is 2.17. The van der Waals surface area contributed by atoms with E-state index in [9.17, 15) is 13.2 Å². The van der Waals surface area contributed by atoms with E-state index in [1.54, 1.807) is 12.1 Å². The topological polar surface area (TPSA) is 65.3 Å². The van der Waals surface area contributed by atoms with Gasteiger partial charge in [-0.15, -0.1) is 0 Å². The van der Waals surface area contributed by atoms with Crippen molar-refractivity contribution in [2.75, 3.05) is 0 Å². The third kappa shape index (κ3) is 12.2. The molecule has 7 heteroatoms. The van der Waals surface area contributed by atoms with E-state index in [0.717, 1.165) is 24.7 Å². The summed E-state index contributed by atoms with van der Waals surface area (Å²) in [5.41, 5.74) is 2.35. The Kier molecular flexibility index (Phi) is 15.3. The molecule has 0 heterocycles. The third-order valence-corrected chi connectivity index (χ3v) is 4.71. The van der Waals surface area contributed by atoms with E-state index in [1.165, 1.54) is 17.7 Å². The van der Waals surface area contributed by atoms with Crippen LogP contribution in [0.25, 0.3) is 4.24 Å². The molecule has 4 nitrogen and oxygen atoms in total. The maximum atomic E-state index is 11.0. The molecule has 1 aromatic carbocycles. The van der Waals surface area contributed by atoms with Gasteiger partial charge in [0.05, 0.1) is 0 Å². The zero-order chi connectivity index (χ0) is 17.9. The predicted molar refractivity (Wildman–Crippen MR) is 96.1 cm³/mol. The normalized spacial score (nSPS) is 11.4. The standard InChI is InChI=1S/C10H18O.C7H7ClNO2S.Na/c1-9(2)5-4-6-10(3)7-8-11;1-6-2-4-7(5-3-6)12(10,11)9-8;/h5,8,10H,4,6-7H2,1-3H3;2-5H,1H3;/q;-1;+1. The van der Waals surface area contributed by atoms with Crippen molar-refractivity contribution in [2.45, 2.75) is 51.9 Å². The average Bonchev–Trinajstić information content (AvgIpc) is 2.48. The second kappa shape index (κ2) is 14.0. The molecule has 0 amide bonds. The minimum atomic E-state index is -3.62. The number of aryl methyl sites for hydroxylation is 1. The summed E-state index contributed by atoms with van der Waals surface area (Å²) >= 11 is 4.90. The SMILES string of the molecule is CC(C)=CCCC(C)CC=O.Cc1ccc(S(=O)(=O)[N-]Cl)cc1.[Na+]. The van der Waals surface area contributed by atoms with Gasteiger partial charge in [0.25, 0.3) is 0 Å². The number of carbonyl (C=O) groups is 1. The number of nitrogens with zero attached hydrogens (tertiary/aromatic N) is 1. The van der Waals surface area contributed by atoms with Crippen LogP contribution in [0.2, 0.25) is 0 Å². The fourth-order valence-electron chi connectivity index (χ4n) is 1.69. The van der Waals surface area contributed by atoms with Crippen LogP contribution in [0.3, 0.4) is 0 Å². The van der Waals surface area contributed by atoms with Gasteiger partial charge in [-0.25, -0.2) is 8.42 Å². The maximum Gasteiger partial charge on any atom is 1.00 e. The van der Waals surface area contributed by atoms with Crippen LogP contribution in [0, 0.1) is 12.8 Å². The molecule has 0 bridgehead atoms. The Morgan fingerprint density at radius 3 is 2.21 bits per heavy atom. The molecule has 0 aliphatic carbocycles. The summed E-state index contributed by atoms with van der Waals surface area (Å²) in [5.74, 6) is 0.545. The van der Waals surface area contributed by atoms with Crippen LogP contribution in [-0.2, 0) is 14.8 Å². The quantitative estimate of drug-likeness (QED) is 0.413. The minimum absolute atomic E-state index is 0. The Morgan fingerprint density at radius 2 is 1.79 bits per heavy atom. The molecule has 0 fully saturated rings. The summed E-state index contributed by atoms with van der Waals surface area (Å²) in [7, 11) is -3.62. The summed E-state index contributed by atoms with van der Waals surface area (Å²) < 4.78 is 24.8. The number of carbonyl (C=O) groups excluding carboxylic acids is 1. The molecule has 1 aromatic rings. The first kappa shape index (κ1) is 26.1. The van der Waals surface area contributed by atoms with Crippen molar-refractivity contribution in [1.29, 1.82) is 0 Å². The van der Waals surface area contributed by atoms with E-state index in [-0.39, 0.29) is 34.5 Å². The number of hydrogen-bond donors (Lipinski definition) is 0. The van der Waals surface area contributed by atoms with Crippen molar-refractivity contribution in [1.82, 2.24) is 0 Å².